The minimum Gasteiger partial charge on any atom is -0.439 e. The van der Waals surface area contributed by atoms with E-state index >= 15 is 0 Å². The van der Waals surface area contributed by atoms with Crippen LogP contribution in [-0.2, 0) is 4.79 Å². The lowest BCUT2D eigenvalue weighted by molar-refractivity contribution is -0.122. The number of para-hydroxylation sites is 1. The van der Waals surface area contributed by atoms with Crippen molar-refractivity contribution >= 4 is 45.4 Å². The maximum atomic E-state index is 13.1. The second kappa shape index (κ2) is 7.56. The lowest BCUT2D eigenvalue weighted by Crippen LogP contribution is -2.32. The van der Waals surface area contributed by atoms with Gasteiger partial charge in [0.1, 0.15) is 5.70 Å². The predicted octanol–water partition coefficient (Wildman–Crippen LogP) is 5.05. The molecule has 0 N–H and O–H groups in total. The van der Waals surface area contributed by atoms with E-state index in [2.05, 4.69) is 18.2 Å². The van der Waals surface area contributed by atoms with Crippen LogP contribution in [0.4, 0.5) is 11.4 Å². The quantitative estimate of drug-likeness (QED) is 0.432. The molecule has 0 atom stereocenters. The van der Waals surface area contributed by atoms with Crippen LogP contribution in [0.3, 0.4) is 0 Å². The lowest BCUT2D eigenvalue weighted by Gasteiger charge is -2.19. The summed E-state index contributed by atoms with van der Waals surface area (Å²) in [5.74, 6) is 1.34. The van der Waals surface area contributed by atoms with Crippen molar-refractivity contribution in [3.63, 3.8) is 0 Å². The zero-order chi connectivity index (χ0) is 21.5. The normalized spacial score (nSPS) is 18.5. The van der Waals surface area contributed by atoms with Gasteiger partial charge < -0.3 is 9.64 Å². The first kappa shape index (κ1) is 19.3. The van der Waals surface area contributed by atoms with Gasteiger partial charge in [-0.25, -0.2) is 0 Å². The fourth-order valence-electron chi connectivity index (χ4n) is 4.05. The monoisotopic (exact) mass is 427 g/mol. The van der Waals surface area contributed by atoms with Gasteiger partial charge >= 0.3 is 0 Å². The second-order valence-electron chi connectivity index (χ2n) is 7.35. The number of thiocarbonyl (C=S) groups is 1. The van der Waals surface area contributed by atoms with E-state index in [9.17, 15) is 4.79 Å². The third-order valence-electron chi connectivity index (χ3n) is 5.59. The first-order valence-electron chi connectivity index (χ1n) is 10.2. The molecule has 1 saturated heterocycles. The standard InChI is InChI=1S/C25H21N3O2S/c1-3-27-24(29)20(28(25(27)31)18-10-5-4-6-11-18)14-16-22-26(2)23-19-12-8-7-9-17(19)13-15-21(23)30-22/h4-16H,3H2,1-2H3/b20-14-,22-16+. The van der Waals surface area contributed by atoms with Gasteiger partial charge in [-0.05, 0) is 48.8 Å². The number of hydrogen-bond acceptors (Lipinski definition) is 4. The molecular weight excluding hydrogens is 406 g/mol. The average molecular weight is 428 g/mol. The third-order valence-corrected chi connectivity index (χ3v) is 5.99. The Kier molecular flexibility index (Phi) is 4.71. The Labute approximate surface area is 186 Å². The van der Waals surface area contributed by atoms with Crippen molar-refractivity contribution in [2.24, 2.45) is 0 Å². The zero-order valence-corrected chi connectivity index (χ0v) is 18.1. The first-order chi connectivity index (χ1) is 15.1. The smallest absolute Gasteiger partial charge is 0.277 e. The van der Waals surface area contributed by atoms with E-state index in [1.807, 2.05) is 78.4 Å². The predicted molar refractivity (Wildman–Crippen MR) is 128 cm³/mol. The van der Waals surface area contributed by atoms with Crippen molar-refractivity contribution in [2.45, 2.75) is 6.92 Å². The van der Waals surface area contributed by atoms with E-state index < -0.39 is 0 Å². The highest BCUT2D eigenvalue weighted by atomic mass is 32.1. The summed E-state index contributed by atoms with van der Waals surface area (Å²) in [6.07, 6.45) is 3.62. The number of allylic oxidation sites excluding steroid dienone is 2. The molecule has 5 nitrogen and oxygen atoms in total. The Balaban J connectivity index is 1.55. The van der Waals surface area contributed by atoms with Gasteiger partial charge in [-0.1, -0.05) is 48.5 Å². The summed E-state index contributed by atoms with van der Waals surface area (Å²) in [4.78, 5) is 18.5. The number of nitrogens with zero attached hydrogens (tertiary/aromatic N) is 3. The molecule has 31 heavy (non-hydrogen) atoms. The summed E-state index contributed by atoms with van der Waals surface area (Å²) in [6.45, 7) is 2.44. The van der Waals surface area contributed by atoms with Crippen LogP contribution in [0.15, 0.2) is 90.5 Å². The molecule has 2 heterocycles. The molecular formula is C25H21N3O2S. The number of rotatable bonds is 3. The van der Waals surface area contributed by atoms with Gasteiger partial charge in [0.15, 0.2) is 16.7 Å². The molecule has 0 aromatic heterocycles. The SMILES string of the molecule is CCN1C(=O)/C(=C/C=C2/Oc3ccc4ccccc4c3N2C)N(c2ccccc2)C1=S. The minimum atomic E-state index is -0.114. The summed E-state index contributed by atoms with van der Waals surface area (Å²) in [7, 11) is 1.97. The van der Waals surface area contributed by atoms with Crippen molar-refractivity contribution in [3.8, 4) is 5.75 Å². The number of ether oxygens (including phenoxy) is 1. The van der Waals surface area contributed by atoms with Crippen LogP contribution in [0, 0.1) is 0 Å². The van der Waals surface area contributed by atoms with Crippen LogP contribution in [0.5, 0.6) is 5.75 Å². The number of benzene rings is 3. The molecule has 2 aliphatic heterocycles. The molecule has 154 valence electrons. The van der Waals surface area contributed by atoms with Gasteiger partial charge in [0, 0.05) is 30.7 Å². The molecule has 3 aromatic rings. The van der Waals surface area contributed by atoms with E-state index in [1.165, 1.54) is 0 Å². The summed E-state index contributed by atoms with van der Waals surface area (Å²) in [6, 6.07) is 22.0. The average Bonchev–Trinajstić information content (AvgIpc) is 3.25. The molecule has 0 aliphatic carbocycles. The molecule has 0 radical (unpaired) electrons. The van der Waals surface area contributed by atoms with Crippen LogP contribution in [0.2, 0.25) is 0 Å². The Morgan fingerprint density at radius 2 is 1.71 bits per heavy atom. The number of anilines is 2. The van der Waals surface area contributed by atoms with Gasteiger partial charge in [0.05, 0.1) is 5.69 Å². The van der Waals surface area contributed by atoms with Crippen LogP contribution in [0.25, 0.3) is 10.8 Å². The number of likely N-dealkylation sites (N-methyl/N-ethyl adjacent to an activating group) is 1. The van der Waals surface area contributed by atoms with Crippen LogP contribution >= 0.6 is 12.2 Å². The second-order valence-corrected chi connectivity index (χ2v) is 7.72. The highest BCUT2D eigenvalue weighted by Crippen LogP contribution is 2.43. The maximum Gasteiger partial charge on any atom is 0.277 e. The Morgan fingerprint density at radius 3 is 2.48 bits per heavy atom. The largest absolute Gasteiger partial charge is 0.439 e. The van der Waals surface area contributed by atoms with Gasteiger partial charge in [-0.2, -0.15) is 0 Å². The van der Waals surface area contributed by atoms with Gasteiger partial charge in [-0.15, -0.1) is 0 Å². The maximum absolute atomic E-state index is 13.1. The number of carbonyl (C=O) groups is 1. The van der Waals surface area contributed by atoms with Gasteiger partial charge in [0.2, 0.25) is 0 Å². The van der Waals surface area contributed by atoms with Crippen molar-refractivity contribution in [2.75, 3.05) is 23.4 Å². The first-order valence-corrected chi connectivity index (χ1v) is 10.6. The molecule has 3 aromatic carbocycles. The Morgan fingerprint density at radius 1 is 0.968 bits per heavy atom. The van der Waals surface area contributed by atoms with Gasteiger partial charge in [-0.3, -0.25) is 14.6 Å². The lowest BCUT2D eigenvalue weighted by atomic mass is 10.1. The molecule has 0 saturated carbocycles. The molecule has 1 fully saturated rings. The fourth-order valence-corrected chi connectivity index (χ4v) is 4.46. The highest BCUT2D eigenvalue weighted by molar-refractivity contribution is 7.80. The Hall–Kier alpha value is -3.64. The molecule has 0 spiro atoms. The van der Waals surface area contributed by atoms with E-state index in [4.69, 9.17) is 17.0 Å². The summed E-state index contributed by atoms with van der Waals surface area (Å²) in [5, 5.41) is 2.76. The van der Waals surface area contributed by atoms with Crippen LogP contribution in [-0.4, -0.2) is 29.5 Å². The topological polar surface area (TPSA) is 36.0 Å². The van der Waals surface area contributed by atoms with E-state index in [1.54, 1.807) is 11.0 Å². The molecule has 2 aliphatic rings. The molecule has 5 rings (SSSR count). The molecule has 1 amide bonds. The minimum absolute atomic E-state index is 0.114. The third kappa shape index (κ3) is 3.07. The number of fused-ring (bicyclic) bond motifs is 3. The molecule has 0 unspecified atom stereocenters. The fraction of sp³-hybridized carbons (Fsp3) is 0.120. The van der Waals surface area contributed by atoms with E-state index in [0.717, 1.165) is 27.9 Å². The zero-order valence-electron chi connectivity index (χ0n) is 17.3. The highest BCUT2D eigenvalue weighted by Gasteiger charge is 2.37. The number of carbonyl (C=O) groups excluding carboxylic acids is 1. The summed E-state index contributed by atoms with van der Waals surface area (Å²) in [5.41, 5.74) is 2.38. The summed E-state index contributed by atoms with van der Waals surface area (Å²) < 4.78 is 6.11. The Bertz CT molecular complexity index is 1270. The summed E-state index contributed by atoms with van der Waals surface area (Å²) >= 11 is 5.61. The van der Waals surface area contributed by atoms with Crippen molar-refractivity contribution < 1.29 is 9.53 Å². The number of hydrogen-bond donors (Lipinski definition) is 0. The van der Waals surface area contributed by atoms with Crippen molar-refractivity contribution in [1.82, 2.24) is 4.90 Å². The number of amides is 1. The van der Waals surface area contributed by atoms with Crippen LogP contribution in [0.1, 0.15) is 6.92 Å². The van der Waals surface area contributed by atoms with Crippen molar-refractivity contribution in [1.29, 1.82) is 0 Å². The van der Waals surface area contributed by atoms with E-state index in [-0.39, 0.29) is 5.91 Å². The van der Waals surface area contributed by atoms with Crippen LogP contribution < -0.4 is 14.5 Å². The van der Waals surface area contributed by atoms with Gasteiger partial charge in [0.25, 0.3) is 5.91 Å². The molecule has 6 heteroatoms. The van der Waals surface area contributed by atoms with Crippen molar-refractivity contribution in [3.05, 3.63) is 90.5 Å². The molecule has 0 bridgehead atoms. The van der Waals surface area contributed by atoms with E-state index in [0.29, 0.717) is 23.2 Å².